The highest BCUT2D eigenvalue weighted by Gasteiger charge is 2.45. The van der Waals surface area contributed by atoms with E-state index in [2.05, 4.69) is 32.3 Å². The van der Waals surface area contributed by atoms with Crippen molar-refractivity contribution in [2.24, 2.45) is 0 Å². The zero-order chi connectivity index (χ0) is 14.0. The molecule has 2 aliphatic rings. The number of ether oxygens (including phenoxy) is 2. The summed E-state index contributed by atoms with van der Waals surface area (Å²) in [4.78, 5) is 4.46. The summed E-state index contributed by atoms with van der Waals surface area (Å²) in [5.41, 5.74) is 0. The molecule has 4 nitrogen and oxygen atoms in total. The van der Waals surface area contributed by atoms with Crippen LogP contribution in [0.3, 0.4) is 0 Å². The summed E-state index contributed by atoms with van der Waals surface area (Å²) < 4.78 is 12.7. The van der Waals surface area contributed by atoms with E-state index in [1.54, 1.807) is 0 Å². The predicted molar refractivity (Wildman–Crippen MR) is 82.9 cm³/mol. The molecule has 2 heterocycles. The third-order valence-corrected chi connectivity index (χ3v) is 5.70. The van der Waals surface area contributed by atoms with Gasteiger partial charge >= 0.3 is 0 Å². The van der Waals surface area contributed by atoms with Gasteiger partial charge in [0.05, 0.1) is 18.2 Å². The summed E-state index contributed by atoms with van der Waals surface area (Å²) in [7, 11) is 2.03. The largest absolute Gasteiger partial charge is 0.347 e. The molecule has 1 saturated heterocycles. The highest BCUT2D eigenvalue weighted by atomic mass is 79.9. The summed E-state index contributed by atoms with van der Waals surface area (Å²) in [6.07, 6.45) is 4.81. The van der Waals surface area contributed by atoms with Crippen LogP contribution in [-0.4, -0.2) is 42.3 Å². The Labute approximate surface area is 132 Å². The fourth-order valence-electron chi connectivity index (χ4n) is 2.91. The maximum absolute atomic E-state index is 5.87. The zero-order valence-electron chi connectivity index (χ0n) is 11.5. The van der Waals surface area contributed by atoms with Crippen molar-refractivity contribution in [3.8, 4) is 0 Å². The van der Waals surface area contributed by atoms with Crippen LogP contribution >= 0.6 is 27.7 Å². The van der Waals surface area contributed by atoms with E-state index in [0.29, 0.717) is 11.3 Å². The number of hydrogen-bond acceptors (Lipinski definition) is 5. The maximum atomic E-state index is 5.87. The quantitative estimate of drug-likeness (QED) is 0.899. The maximum Gasteiger partial charge on any atom is 0.169 e. The molecule has 1 saturated carbocycles. The molecule has 2 fully saturated rings. The third-order valence-electron chi connectivity index (χ3n) is 3.95. The zero-order valence-corrected chi connectivity index (χ0v) is 13.9. The number of hydrogen-bond donors (Lipinski definition) is 1. The third kappa shape index (κ3) is 3.20. The summed E-state index contributed by atoms with van der Waals surface area (Å²) in [6.45, 7) is 1.44. The average Bonchev–Trinajstić information content (AvgIpc) is 2.90. The van der Waals surface area contributed by atoms with E-state index in [0.717, 1.165) is 42.0 Å². The summed E-state index contributed by atoms with van der Waals surface area (Å²) in [5.74, 6) is -0.347. The monoisotopic (exact) mass is 358 g/mol. The summed E-state index contributed by atoms with van der Waals surface area (Å²) in [6, 6.07) is 4.56. The number of thioether (sulfide) groups is 1. The molecule has 2 atom stereocenters. The second-order valence-electron chi connectivity index (χ2n) is 5.22. The molecule has 3 rings (SSSR count). The Morgan fingerprint density at radius 3 is 2.85 bits per heavy atom. The van der Waals surface area contributed by atoms with Crippen molar-refractivity contribution in [3.05, 3.63) is 22.8 Å². The molecule has 1 spiro atoms. The fraction of sp³-hybridized carbons (Fsp3) is 0.643. The molecule has 2 unspecified atom stereocenters. The first kappa shape index (κ1) is 14.8. The molecule has 0 bridgehead atoms. The van der Waals surface area contributed by atoms with Gasteiger partial charge in [-0.15, -0.1) is 11.8 Å². The van der Waals surface area contributed by atoms with Gasteiger partial charge in [-0.05, 0) is 41.5 Å². The average molecular weight is 359 g/mol. The molecule has 110 valence electrons. The van der Waals surface area contributed by atoms with E-state index in [-0.39, 0.29) is 5.79 Å². The Balaban J connectivity index is 1.72. The second-order valence-corrected chi connectivity index (χ2v) is 7.39. The van der Waals surface area contributed by atoms with Gasteiger partial charge in [-0.2, -0.15) is 0 Å². The topological polar surface area (TPSA) is 43.4 Å². The van der Waals surface area contributed by atoms with Crippen LogP contribution in [0.1, 0.15) is 19.3 Å². The van der Waals surface area contributed by atoms with Crippen LogP contribution in [0.2, 0.25) is 0 Å². The van der Waals surface area contributed by atoms with Crippen molar-refractivity contribution >= 4 is 27.7 Å². The minimum absolute atomic E-state index is 0.347. The number of pyridine rings is 1. The lowest BCUT2D eigenvalue weighted by Gasteiger charge is -2.40. The fourth-order valence-corrected chi connectivity index (χ4v) is 4.49. The van der Waals surface area contributed by atoms with Crippen LogP contribution in [0.15, 0.2) is 27.8 Å². The highest BCUT2D eigenvalue weighted by molar-refractivity contribution is 9.10. The van der Waals surface area contributed by atoms with Gasteiger partial charge in [0.1, 0.15) is 0 Å². The van der Waals surface area contributed by atoms with Gasteiger partial charge in [0.25, 0.3) is 0 Å². The Morgan fingerprint density at radius 2 is 2.20 bits per heavy atom. The van der Waals surface area contributed by atoms with E-state index in [1.807, 2.05) is 31.1 Å². The van der Waals surface area contributed by atoms with Crippen molar-refractivity contribution in [2.45, 2.75) is 41.4 Å². The van der Waals surface area contributed by atoms with Crippen LogP contribution in [0.4, 0.5) is 0 Å². The Kier molecular flexibility index (Phi) is 4.67. The second kappa shape index (κ2) is 6.32. The van der Waals surface area contributed by atoms with Crippen LogP contribution in [0.25, 0.3) is 0 Å². The minimum Gasteiger partial charge on any atom is -0.347 e. The van der Waals surface area contributed by atoms with Crippen LogP contribution < -0.4 is 5.32 Å². The van der Waals surface area contributed by atoms with Crippen LogP contribution in [0, 0.1) is 0 Å². The summed E-state index contributed by atoms with van der Waals surface area (Å²) in [5, 5.41) is 4.89. The predicted octanol–water partition coefficient (Wildman–Crippen LogP) is 2.82. The van der Waals surface area contributed by atoms with Gasteiger partial charge in [-0.1, -0.05) is 0 Å². The van der Waals surface area contributed by atoms with Gasteiger partial charge in [-0.25, -0.2) is 4.98 Å². The van der Waals surface area contributed by atoms with Crippen molar-refractivity contribution in [1.29, 1.82) is 0 Å². The lowest BCUT2D eigenvalue weighted by Crippen LogP contribution is -2.48. The first-order valence-electron chi connectivity index (χ1n) is 6.94. The Morgan fingerprint density at radius 1 is 1.40 bits per heavy atom. The lowest BCUT2D eigenvalue weighted by atomic mass is 9.89. The first-order valence-corrected chi connectivity index (χ1v) is 8.61. The van der Waals surface area contributed by atoms with Crippen molar-refractivity contribution in [2.75, 3.05) is 20.3 Å². The molecule has 6 heteroatoms. The summed E-state index contributed by atoms with van der Waals surface area (Å²) >= 11 is 5.23. The SMILES string of the molecule is CNC1CCC2(CC1Sc1ccc(Br)cn1)OCCO2. The number of aromatic nitrogens is 1. The molecular weight excluding hydrogens is 340 g/mol. The van der Waals surface area contributed by atoms with Crippen molar-refractivity contribution in [1.82, 2.24) is 10.3 Å². The van der Waals surface area contributed by atoms with E-state index >= 15 is 0 Å². The van der Waals surface area contributed by atoms with Crippen molar-refractivity contribution in [3.63, 3.8) is 0 Å². The molecule has 20 heavy (non-hydrogen) atoms. The van der Waals surface area contributed by atoms with Crippen LogP contribution in [-0.2, 0) is 9.47 Å². The molecule has 1 aliphatic heterocycles. The number of nitrogens with one attached hydrogen (secondary N) is 1. The Bertz CT molecular complexity index is 451. The number of rotatable bonds is 3. The molecule has 1 aromatic heterocycles. The normalized spacial score (nSPS) is 28.9. The van der Waals surface area contributed by atoms with E-state index in [1.165, 1.54) is 0 Å². The first-order chi connectivity index (χ1) is 9.71. The van der Waals surface area contributed by atoms with E-state index in [4.69, 9.17) is 9.47 Å². The van der Waals surface area contributed by atoms with Gasteiger partial charge in [0.15, 0.2) is 5.79 Å². The molecule has 0 aromatic carbocycles. The molecule has 1 aliphatic carbocycles. The minimum atomic E-state index is -0.347. The van der Waals surface area contributed by atoms with Gasteiger partial charge < -0.3 is 14.8 Å². The molecule has 0 radical (unpaired) electrons. The lowest BCUT2D eigenvalue weighted by molar-refractivity contribution is -0.177. The van der Waals surface area contributed by atoms with Crippen molar-refractivity contribution < 1.29 is 9.47 Å². The number of nitrogens with zero attached hydrogens (tertiary/aromatic N) is 1. The Hall–Kier alpha value is -0.140. The smallest absolute Gasteiger partial charge is 0.169 e. The van der Waals surface area contributed by atoms with Crippen LogP contribution in [0.5, 0.6) is 0 Å². The standard InChI is InChI=1S/C14H19BrN2O2S/c1-16-11-4-5-14(18-6-7-19-14)8-12(11)20-13-3-2-10(15)9-17-13/h2-3,9,11-12,16H,4-8H2,1H3. The molecule has 0 amide bonds. The van der Waals surface area contributed by atoms with Gasteiger partial charge in [0.2, 0.25) is 0 Å². The number of halogens is 1. The highest BCUT2D eigenvalue weighted by Crippen LogP contribution is 2.42. The van der Waals surface area contributed by atoms with E-state index in [9.17, 15) is 0 Å². The van der Waals surface area contributed by atoms with E-state index < -0.39 is 0 Å². The molecule has 1 N–H and O–H groups in total. The molecular formula is C14H19BrN2O2S. The molecule has 1 aromatic rings. The van der Waals surface area contributed by atoms with Gasteiger partial charge in [-0.3, -0.25) is 0 Å². The van der Waals surface area contributed by atoms with Gasteiger partial charge in [0, 0.05) is 34.8 Å².